The van der Waals surface area contributed by atoms with Crippen molar-refractivity contribution < 1.29 is 4.74 Å². The first-order valence-corrected chi connectivity index (χ1v) is 10.5. The molecule has 0 unspecified atom stereocenters. The van der Waals surface area contributed by atoms with Gasteiger partial charge in [-0.2, -0.15) is 0 Å². The van der Waals surface area contributed by atoms with E-state index in [1.165, 1.54) is 25.7 Å². The largest absolute Gasteiger partial charge is 0.382 e. The molecule has 0 saturated heterocycles. The smallest absolute Gasteiger partial charge is 0.251 e. The molecule has 0 N–H and O–H groups in total. The first kappa shape index (κ1) is 15.8. The summed E-state index contributed by atoms with van der Waals surface area (Å²) < 4.78 is 5.28. The molecule has 0 spiro atoms. The Bertz CT molecular complexity index is 129. The van der Waals surface area contributed by atoms with Crippen molar-refractivity contribution in [1.82, 2.24) is 0 Å². The van der Waals surface area contributed by atoms with Crippen molar-refractivity contribution >= 4 is 28.9 Å². The second kappa shape index (κ2) is 9.95. The molecule has 0 heterocycles. The van der Waals surface area contributed by atoms with E-state index in [1.54, 1.807) is 0 Å². The van der Waals surface area contributed by atoms with Crippen LogP contribution >= 0.6 is 22.2 Å². The van der Waals surface area contributed by atoms with E-state index in [4.69, 9.17) is 26.9 Å². The van der Waals surface area contributed by atoms with E-state index in [2.05, 4.69) is 6.92 Å². The fraction of sp³-hybridized carbons (Fsp3) is 1.00. The lowest BCUT2D eigenvalue weighted by atomic mass is 10.2. The molecule has 0 aliphatic rings. The summed E-state index contributed by atoms with van der Waals surface area (Å²) in [5, 5.41) is 0. The monoisotopic (exact) mass is 270 g/mol. The van der Waals surface area contributed by atoms with Crippen molar-refractivity contribution in [2.24, 2.45) is 0 Å². The molecule has 0 aromatic carbocycles. The molecule has 4 heteroatoms. The molecule has 0 bridgehead atoms. The highest BCUT2D eigenvalue weighted by molar-refractivity contribution is 7.45. The van der Waals surface area contributed by atoms with Gasteiger partial charge in [0, 0.05) is 13.2 Å². The summed E-state index contributed by atoms with van der Waals surface area (Å²) in [5.74, 6) is 0. The van der Waals surface area contributed by atoms with Crippen molar-refractivity contribution in [2.75, 3.05) is 13.2 Å². The van der Waals surface area contributed by atoms with Gasteiger partial charge in [-0.25, -0.2) is 0 Å². The number of unbranched alkanes of at least 4 members (excludes halogenated alkanes) is 3. The minimum absolute atomic E-state index is 0.787. The molecule has 0 saturated carbocycles. The van der Waals surface area contributed by atoms with Gasteiger partial charge in [0.05, 0.1) is 0 Å². The Labute approximate surface area is 105 Å². The molecular formula is C11H24Cl2OSi. The molecule has 1 nitrogen and oxygen atoms in total. The third kappa shape index (κ3) is 11.0. The molecule has 0 radical (unpaired) electrons. The van der Waals surface area contributed by atoms with Gasteiger partial charge in [-0.15, -0.1) is 22.2 Å². The lowest BCUT2D eigenvalue weighted by Gasteiger charge is -2.16. The summed E-state index contributed by atoms with van der Waals surface area (Å²) in [6, 6.07) is 2.02. The molecule has 15 heavy (non-hydrogen) atoms. The van der Waals surface area contributed by atoms with E-state index in [9.17, 15) is 0 Å². The van der Waals surface area contributed by atoms with Crippen molar-refractivity contribution in [3.05, 3.63) is 0 Å². The summed E-state index contributed by atoms with van der Waals surface area (Å²) in [6.45, 7) is 3.88. The first-order valence-electron chi connectivity index (χ1n) is 6.08. The normalized spacial score (nSPS) is 12.0. The first-order chi connectivity index (χ1) is 7.12. The SMILES string of the molecule is CCCCCC[Si](Cl)(Cl)CCCOCC. The van der Waals surface area contributed by atoms with Crippen molar-refractivity contribution in [3.63, 3.8) is 0 Å². The topological polar surface area (TPSA) is 9.23 Å². The maximum atomic E-state index is 6.34. The standard InChI is InChI=1S/C11H24Cl2OSi/c1-3-5-6-7-10-15(12,13)11-8-9-14-4-2/h3-11H2,1-2H3. The highest BCUT2D eigenvalue weighted by atomic mass is 35.7. The highest BCUT2D eigenvalue weighted by Crippen LogP contribution is 2.29. The van der Waals surface area contributed by atoms with Crippen LogP contribution in [0.2, 0.25) is 12.1 Å². The van der Waals surface area contributed by atoms with Crippen LogP contribution in [0.25, 0.3) is 0 Å². The van der Waals surface area contributed by atoms with Gasteiger partial charge in [0.1, 0.15) is 0 Å². The van der Waals surface area contributed by atoms with E-state index in [1.807, 2.05) is 6.92 Å². The molecular weight excluding hydrogens is 247 g/mol. The molecule has 92 valence electrons. The summed E-state index contributed by atoms with van der Waals surface area (Å²) in [6.07, 6.45) is 6.05. The zero-order valence-electron chi connectivity index (χ0n) is 10.0. The van der Waals surface area contributed by atoms with Crippen LogP contribution < -0.4 is 0 Å². The molecule has 0 aromatic heterocycles. The van der Waals surface area contributed by atoms with E-state index >= 15 is 0 Å². The minimum Gasteiger partial charge on any atom is -0.382 e. The number of ether oxygens (including phenoxy) is 1. The van der Waals surface area contributed by atoms with Crippen LogP contribution in [-0.4, -0.2) is 19.9 Å². The van der Waals surface area contributed by atoms with Gasteiger partial charge < -0.3 is 4.74 Å². The molecule has 0 aliphatic heterocycles. The van der Waals surface area contributed by atoms with Crippen molar-refractivity contribution in [1.29, 1.82) is 0 Å². The van der Waals surface area contributed by atoms with Crippen LogP contribution in [0.5, 0.6) is 0 Å². The maximum Gasteiger partial charge on any atom is 0.251 e. The zero-order valence-corrected chi connectivity index (χ0v) is 12.5. The van der Waals surface area contributed by atoms with Crippen molar-refractivity contribution in [3.8, 4) is 0 Å². The Kier molecular flexibility index (Phi) is 10.4. The molecule has 0 aliphatic carbocycles. The lowest BCUT2D eigenvalue weighted by Crippen LogP contribution is -2.19. The molecule has 0 aromatic rings. The van der Waals surface area contributed by atoms with Gasteiger partial charge in [-0.1, -0.05) is 32.6 Å². The highest BCUT2D eigenvalue weighted by Gasteiger charge is 2.26. The summed E-state index contributed by atoms with van der Waals surface area (Å²) >= 11 is 12.7. The Morgan fingerprint density at radius 3 is 2.20 bits per heavy atom. The predicted molar refractivity (Wildman–Crippen MR) is 72.3 cm³/mol. The van der Waals surface area contributed by atoms with Crippen LogP contribution in [0, 0.1) is 0 Å². The Hall–Kier alpha value is 0.757. The van der Waals surface area contributed by atoms with E-state index in [0.29, 0.717) is 0 Å². The van der Waals surface area contributed by atoms with Gasteiger partial charge in [0.2, 0.25) is 0 Å². The van der Waals surface area contributed by atoms with Gasteiger partial charge in [-0.05, 0) is 25.4 Å². The van der Waals surface area contributed by atoms with Gasteiger partial charge in [-0.3, -0.25) is 0 Å². The average molecular weight is 271 g/mol. The van der Waals surface area contributed by atoms with Crippen LogP contribution in [0.3, 0.4) is 0 Å². The van der Waals surface area contributed by atoms with E-state index < -0.39 is 6.69 Å². The van der Waals surface area contributed by atoms with E-state index in [0.717, 1.165) is 31.7 Å². The lowest BCUT2D eigenvalue weighted by molar-refractivity contribution is 0.148. The minimum atomic E-state index is -1.94. The van der Waals surface area contributed by atoms with Crippen LogP contribution in [0.4, 0.5) is 0 Å². The van der Waals surface area contributed by atoms with Crippen LogP contribution in [0.1, 0.15) is 46.0 Å². The molecule has 0 rings (SSSR count). The van der Waals surface area contributed by atoms with E-state index in [-0.39, 0.29) is 0 Å². The number of halogens is 2. The number of rotatable bonds is 10. The second-order valence-corrected chi connectivity index (χ2v) is 11.6. The fourth-order valence-electron chi connectivity index (χ4n) is 1.51. The quantitative estimate of drug-likeness (QED) is 0.311. The van der Waals surface area contributed by atoms with Gasteiger partial charge >= 0.3 is 0 Å². The molecule has 0 amide bonds. The van der Waals surface area contributed by atoms with Crippen molar-refractivity contribution in [2.45, 2.75) is 58.0 Å². The Morgan fingerprint density at radius 2 is 1.60 bits per heavy atom. The van der Waals surface area contributed by atoms with Gasteiger partial charge in [0.15, 0.2) is 0 Å². The predicted octanol–water partition coefficient (Wildman–Crippen LogP) is 4.91. The number of hydrogen-bond acceptors (Lipinski definition) is 1. The second-order valence-electron chi connectivity index (χ2n) is 3.97. The fourth-order valence-corrected chi connectivity index (χ4v) is 4.80. The third-order valence-corrected chi connectivity index (χ3v) is 6.87. The van der Waals surface area contributed by atoms with Gasteiger partial charge in [0.25, 0.3) is 6.69 Å². The summed E-state index contributed by atoms with van der Waals surface area (Å²) in [4.78, 5) is 0. The third-order valence-electron chi connectivity index (χ3n) is 2.43. The summed E-state index contributed by atoms with van der Waals surface area (Å²) in [7, 11) is 0. The Morgan fingerprint density at radius 1 is 0.933 bits per heavy atom. The molecule has 0 atom stereocenters. The summed E-state index contributed by atoms with van der Waals surface area (Å²) in [5.41, 5.74) is 0. The van der Waals surface area contributed by atoms with Crippen LogP contribution in [0.15, 0.2) is 0 Å². The average Bonchev–Trinajstić information content (AvgIpc) is 2.20. The maximum absolute atomic E-state index is 6.34. The number of hydrogen-bond donors (Lipinski definition) is 0. The zero-order chi connectivity index (χ0) is 11.6. The van der Waals surface area contributed by atoms with Crippen LogP contribution in [-0.2, 0) is 4.74 Å². The molecule has 0 fully saturated rings. The Balaban J connectivity index is 3.40.